The molecule has 0 aliphatic carbocycles. The van der Waals surface area contributed by atoms with E-state index in [4.69, 9.17) is 5.11 Å². The first-order valence-electron chi connectivity index (χ1n) is 6.38. The number of unbranched alkanes of at least 4 members (excludes halogenated alkanes) is 1. The predicted octanol–water partition coefficient (Wildman–Crippen LogP) is -0.0604. The molecule has 1 saturated heterocycles. The van der Waals surface area contributed by atoms with E-state index in [1.807, 2.05) is 0 Å². The van der Waals surface area contributed by atoms with Gasteiger partial charge in [-0.2, -0.15) is 0 Å². The first-order chi connectivity index (χ1) is 8.26. The maximum absolute atomic E-state index is 11.0. The molecule has 0 unspecified atom stereocenters. The summed E-state index contributed by atoms with van der Waals surface area (Å²) in [4.78, 5) is 15.7. The van der Waals surface area contributed by atoms with Gasteiger partial charge in [0.1, 0.15) is 0 Å². The van der Waals surface area contributed by atoms with Crippen molar-refractivity contribution < 1.29 is 14.6 Å². The second-order valence-corrected chi connectivity index (χ2v) is 4.44. The van der Waals surface area contributed by atoms with Gasteiger partial charge in [-0.15, -0.1) is 0 Å². The molecule has 0 amide bonds. The molecule has 5 heteroatoms. The molecule has 0 aromatic heterocycles. The molecule has 0 spiro atoms. The van der Waals surface area contributed by atoms with Crippen molar-refractivity contribution in [1.29, 1.82) is 0 Å². The topological polar surface area (TPSA) is 53.0 Å². The lowest BCUT2D eigenvalue weighted by molar-refractivity contribution is -0.141. The van der Waals surface area contributed by atoms with Gasteiger partial charge in [-0.3, -0.25) is 4.79 Å². The molecule has 1 fully saturated rings. The minimum Gasteiger partial charge on any atom is -0.469 e. The lowest BCUT2D eigenvalue weighted by Gasteiger charge is -2.34. The lowest BCUT2D eigenvalue weighted by Crippen LogP contribution is -2.47. The number of esters is 1. The molecule has 100 valence electrons. The number of carbonyl (C=O) groups excluding carboxylic acids is 1. The molecular weight excluding hydrogens is 220 g/mol. The monoisotopic (exact) mass is 244 g/mol. The lowest BCUT2D eigenvalue weighted by atomic mass is 10.2. The average molecular weight is 244 g/mol. The highest BCUT2D eigenvalue weighted by Crippen LogP contribution is 2.04. The van der Waals surface area contributed by atoms with Crippen LogP contribution in [-0.4, -0.2) is 73.9 Å². The van der Waals surface area contributed by atoms with Crippen molar-refractivity contribution in [3.63, 3.8) is 0 Å². The SMILES string of the molecule is COC(=O)CCN1CCN(CCCCO)CC1. The Balaban J connectivity index is 2.07. The highest BCUT2D eigenvalue weighted by molar-refractivity contribution is 5.69. The summed E-state index contributed by atoms with van der Waals surface area (Å²) >= 11 is 0. The summed E-state index contributed by atoms with van der Waals surface area (Å²) in [6, 6.07) is 0. The van der Waals surface area contributed by atoms with Crippen molar-refractivity contribution in [2.45, 2.75) is 19.3 Å². The summed E-state index contributed by atoms with van der Waals surface area (Å²) in [5.74, 6) is -0.129. The number of aliphatic hydroxyl groups is 1. The van der Waals surface area contributed by atoms with Crippen LogP contribution in [0.3, 0.4) is 0 Å². The van der Waals surface area contributed by atoms with Crippen molar-refractivity contribution >= 4 is 5.97 Å². The summed E-state index contributed by atoms with van der Waals surface area (Å²) in [6.45, 7) is 6.34. The van der Waals surface area contributed by atoms with Gasteiger partial charge in [-0.25, -0.2) is 0 Å². The molecule has 1 aliphatic heterocycles. The van der Waals surface area contributed by atoms with Gasteiger partial charge in [0.2, 0.25) is 0 Å². The smallest absolute Gasteiger partial charge is 0.306 e. The fourth-order valence-electron chi connectivity index (χ4n) is 2.04. The third kappa shape index (κ3) is 6.00. The third-order valence-corrected chi connectivity index (χ3v) is 3.21. The van der Waals surface area contributed by atoms with Crippen molar-refractivity contribution in [2.75, 3.05) is 53.0 Å². The van der Waals surface area contributed by atoms with Gasteiger partial charge in [0.15, 0.2) is 0 Å². The van der Waals surface area contributed by atoms with Gasteiger partial charge in [-0.1, -0.05) is 0 Å². The molecule has 0 aromatic carbocycles. The predicted molar refractivity (Wildman–Crippen MR) is 65.8 cm³/mol. The minimum absolute atomic E-state index is 0.129. The van der Waals surface area contributed by atoms with Gasteiger partial charge in [0, 0.05) is 39.3 Å². The zero-order valence-corrected chi connectivity index (χ0v) is 10.7. The van der Waals surface area contributed by atoms with Crippen LogP contribution in [0.25, 0.3) is 0 Å². The van der Waals surface area contributed by atoms with Gasteiger partial charge < -0.3 is 19.6 Å². The van der Waals surface area contributed by atoms with Crippen molar-refractivity contribution in [3.05, 3.63) is 0 Å². The number of carbonyl (C=O) groups is 1. The zero-order chi connectivity index (χ0) is 12.5. The van der Waals surface area contributed by atoms with Crippen LogP contribution in [0.5, 0.6) is 0 Å². The fourth-order valence-corrected chi connectivity index (χ4v) is 2.04. The molecule has 1 N–H and O–H groups in total. The van der Waals surface area contributed by atoms with Crippen molar-refractivity contribution in [1.82, 2.24) is 9.80 Å². The molecule has 1 aliphatic rings. The normalized spacial score (nSPS) is 18.2. The van der Waals surface area contributed by atoms with Gasteiger partial charge in [0.05, 0.1) is 13.5 Å². The largest absolute Gasteiger partial charge is 0.469 e. The Labute approximate surface area is 103 Å². The Kier molecular flexibility index (Phi) is 7.16. The Morgan fingerprint density at radius 2 is 1.71 bits per heavy atom. The number of ether oxygens (including phenoxy) is 1. The molecule has 5 nitrogen and oxygen atoms in total. The summed E-state index contributed by atoms with van der Waals surface area (Å²) in [5, 5.41) is 8.71. The first-order valence-corrected chi connectivity index (χ1v) is 6.38. The van der Waals surface area contributed by atoms with Crippen LogP contribution < -0.4 is 0 Å². The van der Waals surface area contributed by atoms with E-state index in [2.05, 4.69) is 14.5 Å². The molecule has 1 rings (SSSR count). The minimum atomic E-state index is -0.129. The summed E-state index contributed by atoms with van der Waals surface area (Å²) in [7, 11) is 1.43. The van der Waals surface area contributed by atoms with E-state index in [0.717, 1.165) is 52.1 Å². The van der Waals surface area contributed by atoms with E-state index in [1.54, 1.807) is 0 Å². The summed E-state index contributed by atoms with van der Waals surface area (Å²) < 4.78 is 4.63. The van der Waals surface area contributed by atoms with Crippen molar-refractivity contribution in [3.8, 4) is 0 Å². The third-order valence-electron chi connectivity index (χ3n) is 3.21. The van der Waals surface area contributed by atoms with Crippen LogP contribution in [0.1, 0.15) is 19.3 Å². The van der Waals surface area contributed by atoms with E-state index in [-0.39, 0.29) is 5.97 Å². The maximum atomic E-state index is 11.0. The van der Waals surface area contributed by atoms with Gasteiger partial charge in [-0.05, 0) is 19.4 Å². The van der Waals surface area contributed by atoms with E-state index >= 15 is 0 Å². The molecular formula is C12H24N2O3. The quantitative estimate of drug-likeness (QED) is 0.502. The molecule has 0 aromatic rings. The van der Waals surface area contributed by atoms with Crippen LogP contribution in [-0.2, 0) is 9.53 Å². The fraction of sp³-hybridized carbons (Fsp3) is 0.917. The Bertz CT molecular complexity index is 216. The Hall–Kier alpha value is -0.650. The van der Waals surface area contributed by atoms with E-state index in [1.165, 1.54) is 7.11 Å². The molecule has 0 radical (unpaired) electrons. The number of aliphatic hydroxyl groups excluding tert-OH is 1. The molecule has 0 bridgehead atoms. The number of nitrogens with zero attached hydrogens (tertiary/aromatic N) is 2. The molecule has 17 heavy (non-hydrogen) atoms. The van der Waals surface area contributed by atoms with Crippen LogP contribution in [0.4, 0.5) is 0 Å². The Morgan fingerprint density at radius 3 is 2.24 bits per heavy atom. The number of hydrogen-bond donors (Lipinski definition) is 1. The molecule has 0 atom stereocenters. The standard InChI is InChI=1S/C12H24N2O3/c1-17-12(16)4-6-14-9-7-13(8-10-14)5-2-3-11-15/h15H,2-11H2,1H3. The maximum Gasteiger partial charge on any atom is 0.306 e. The van der Waals surface area contributed by atoms with Crippen molar-refractivity contribution in [2.24, 2.45) is 0 Å². The van der Waals surface area contributed by atoms with Crippen LogP contribution in [0.2, 0.25) is 0 Å². The number of hydrogen-bond acceptors (Lipinski definition) is 5. The van der Waals surface area contributed by atoms with Gasteiger partial charge in [0.25, 0.3) is 0 Å². The van der Waals surface area contributed by atoms with Crippen LogP contribution >= 0.6 is 0 Å². The second-order valence-electron chi connectivity index (χ2n) is 4.44. The van der Waals surface area contributed by atoms with E-state index in [9.17, 15) is 4.79 Å². The highest BCUT2D eigenvalue weighted by Gasteiger charge is 2.16. The average Bonchev–Trinajstić information content (AvgIpc) is 2.37. The van der Waals surface area contributed by atoms with E-state index < -0.39 is 0 Å². The first kappa shape index (κ1) is 14.4. The number of piperazine rings is 1. The highest BCUT2D eigenvalue weighted by atomic mass is 16.5. The van der Waals surface area contributed by atoms with Crippen LogP contribution in [0, 0.1) is 0 Å². The second kappa shape index (κ2) is 8.44. The zero-order valence-electron chi connectivity index (χ0n) is 10.7. The summed E-state index contributed by atoms with van der Waals surface area (Å²) in [6.07, 6.45) is 2.45. The Morgan fingerprint density at radius 1 is 1.12 bits per heavy atom. The molecule has 1 heterocycles. The van der Waals surface area contributed by atoms with E-state index in [0.29, 0.717) is 13.0 Å². The summed E-state index contributed by atoms with van der Waals surface area (Å²) in [5.41, 5.74) is 0. The van der Waals surface area contributed by atoms with Gasteiger partial charge >= 0.3 is 5.97 Å². The van der Waals surface area contributed by atoms with Crippen LogP contribution in [0.15, 0.2) is 0 Å². The molecule has 0 saturated carbocycles. The number of methoxy groups -OCH3 is 1. The number of rotatable bonds is 7.